The summed E-state index contributed by atoms with van der Waals surface area (Å²) in [5.41, 5.74) is 1.14. The normalized spacial score (nSPS) is 18.0. The average molecular weight is 385 g/mol. The summed E-state index contributed by atoms with van der Waals surface area (Å²) in [5, 5.41) is 6.39. The van der Waals surface area contributed by atoms with Crippen molar-refractivity contribution < 1.29 is 13.5 Å². The van der Waals surface area contributed by atoms with Crippen molar-refractivity contribution in [2.45, 2.75) is 25.9 Å². The van der Waals surface area contributed by atoms with Gasteiger partial charge in [-0.2, -0.15) is 5.10 Å². The van der Waals surface area contributed by atoms with Crippen molar-refractivity contribution in [3.63, 3.8) is 0 Å². The van der Waals surface area contributed by atoms with E-state index < -0.39 is 0 Å². The van der Waals surface area contributed by atoms with Crippen molar-refractivity contribution in [3.05, 3.63) is 63.9 Å². The predicted octanol–water partition coefficient (Wildman–Crippen LogP) is 4.22. The first-order valence-electron chi connectivity index (χ1n) is 8.89. The van der Waals surface area contributed by atoms with Crippen LogP contribution in [0, 0.1) is 12.7 Å². The van der Waals surface area contributed by atoms with Crippen molar-refractivity contribution in [2.75, 3.05) is 13.2 Å². The van der Waals surface area contributed by atoms with Gasteiger partial charge in [0.05, 0.1) is 24.6 Å². The van der Waals surface area contributed by atoms with E-state index in [1.54, 1.807) is 23.0 Å². The van der Waals surface area contributed by atoms with E-state index in [2.05, 4.69) is 10.1 Å². The molecule has 0 spiro atoms. The van der Waals surface area contributed by atoms with Gasteiger partial charge in [-0.05, 0) is 44.0 Å². The zero-order chi connectivity index (χ0) is 18.6. The molecule has 0 bridgehead atoms. The number of rotatable bonds is 5. The highest BCUT2D eigenvalue weighted by Crippen LogP contribution is 2.23. The van der Waals surface area contributed by atoms with Crippen LogP contribution in [0.25, 0.3) is 11.3 Å². The summed E-state index contributed by atoms with van der Waals surface area (Å²) in [4.78, 5) is 5.37. The molecule has 1 aliphatic heterocycles. The van der Waals surface area contributed by atoms with Gasteiger partial charge in [-0.25, -0.2) is 9.07 Å². The van der Waals surface area contributed by atoms with E-state index in [9.17, 15) is 4.39 Å². The lowest BCUT2D eigenvalue weighted by atomic mass is 10.1. The third-order valence-corrected chi connectivity index (χ3v) is 5.20. The molecule has 3 heterocycles. The first-order valence-corrected chi connectivity index (χ1v) is 9.77. The van der Waals surface area contributed by atoms with Crippen LogP contribution >= 0.6 is 11.3 Å². The molecule has 0 N–H and O–H groups in total. The summed E-state index contributed by atoms with van der Waals surface area (Å²) in [5.74, 6) is 1.15. The Hall–Kier alpha value is -2.51. The van der Waals surface area contributed by atoms with Gasteiger partial charge < -0.3 is 9.15 Å². The number of aromatic nitrogens is 1. The average Bonchev–Trinajstić information content (AvgIpc) is 3.40. The standard InChI is InChI=1S/C20H20FN3O2S/c1-14-8-9-16(26-14)12-23-24-19(17-6-2-3-7-18(17)21)13-27-20(24)22-11-15-5-4-10-25-15/h2-3,6-9,12-13,15H,4-5,10-11H2,1H3/b22-20?,23-12-/t15-/m0/s1. The summed E-state index contributed by atoms with van der Waals surface area (Å²) in [6.45, 7) is 3.25. The molecule has 3 aromatic rings. The van der Waals surface area contributed by atoms with Gasteiger partial charge >= 0.3 is 0 Å². The third kappa shape index (κ3) is 4.09. The monoisotopic (exact) mass is 385 g/mol. The molecule has 1 aliphatic rings. The summed E-state index contributed by atoms with van der Waals surface area (Å²) in [6.07, 6.45) is 3.86. The van der Waals surface area contributed by atoms with Gasteiger partial charge in [0.1, 0.15) is 17.3 Å². The molecule has 0 unspecified atom stereocenters. The lowest BCUT2D eigenvalue weighted by Crippen LogP contribution is -2.17. The second kappa shape index (κ2) is 8.02. The van der Waals surface area contributed by atoms with Crippen LogP contribution in [0.5, 0.6) is 0 Å². The summed E-state index contributed by atoms with van der Waals surface area (Å²) >= 11 is 1.43. The van der Waals surface area contributed by atoms with Crippen LogP contribution in [0.15, 0.2) is 56.3 Å². The number of aryl methyl sites for hydroxylation is 1. The Labute approximate surface area is 160 Å². The van der Waals surface area contributed by atoms with Crippen LogP contribution in [0.2, 0.25) is 0 Å². The van der Waals surface area contributed by atoms with E-state index in [1.165, 1.54) is 17.4 Å². The number of ether oxygens (including phenoxy) is 1. The van der Waals surface area contributed by atoms with Crippen LogP contribution in [0.1, 0.15) is 24.4 Å². The van der Waals surface area contributed by atoms with E-state index in [4.69, 9.17) is 9.15 Å². The summed E-state index contributed by atoms with van der Waals surface area (Å²) in [7, 11) is 0. The minimum atomic E-state index is -0.293. The molecule has 4 rings (SSSR count). The lowest BCUT2D eigenvalue weighted by molar-refractivity contribution is 0.117. The van der Waals surface area contributed by atoms with Gasteiger partial charge in [0.15, 0.2) is 0 Å². The van der Waals surface area contributed by atoms with Gasteiger partial charge in [-0.1, -0.05) is 12.1 Å². The van der Waals surface area contributed by atoms with Gasteiger partial charge in [0.2, 0.25) is 4.80 Å². The lowest BCUT2D eigenvalue weighted by Gasteiger charge is -2.06. The fraction of sp³-hybridized carbons (Fsp3) is 0.300. The third-order valence-electron chi connectivity index (χ3n) is 4.35. The molecule has 140 valence electrons. The smallest absolute Gasteiger partial charge is 0.206 e. The van der Waals surface area contributed by atoms with Crippen molar-refractivity contribution in [1.29, 1.82) is 0 Å². The maximum absolute atomic E-state index is 14.3. The molecule has 27 heavy (non-hydrogen) atoms. The predicted molar refractivity (Wildman–Crippen MR) is 104 cm³/mol. The van der Waals surface area contributed by atoms with Gasteiger partial charge in [-0.15, -0.1) is 11.3 Å². The number of furan rings is 1. The Morgan fingerprint density at radius 2 is 2.19 bits per heavy atom. The molecule has 2 aromatic heterocycles. The van der Waals surface area contributed by atoms with Crippen molar-refractivity contribution >= 4 is 17.6 Å². The number of halogens is 1. The summed E-state index contributed by atoms with van der Waals surface area (Å²) < 4.78 is 27.2. The Morgan fingerprint density at radius 1 is 1.30 bits per heavy atom. The van der Waals surface area contributed by atoms with Crippen molar-refractivity contribution in [2.24, 2.45) is 10.1 Å². The van der Waals surface area contributed by atoms with E-state index in [0.717, 1.165) is 25.2 Å². The Bertz CT molecular complexity index is 1010. The van der Waals surface area contributed by atoms with E-state index in [0.29, 0.717) is 28.4 Å². The maximum atomic E-state index is 14.3. The zero-order valence-corrected chi connectivity index (χ0v) is 15.8. The molecule has 1 fully saturated rings. The van der Waals surface area contributed by atoms with Crippen LogP contribution in [-0.2, 0) is 4.74 Å². The molecule has 1 saturated heterocycles. The second-order valence-corrected chi connectivity index (χ2v) is 7.20. The number of benzene rings is 1. The molecule has 0 saturated carbocycles. The highest BCUT2D eigenvalue weighted by molar-refractivity contribution is 7.07. The van der Waals surface area contributed by atoms with Gasteiger partial charge in [0, 0.05) is 17.6 Å². The van der Waals surface area contributed by atoms with Crippen LogP contribution in [0.3, 0.4) is 0 Å². The first-order chi connectivity index (χ1) is 13.2. The van der Waals surface area contributed by atoms with Crippen LogP contribution < -0.4 is 4.80 Å². The topological polar surface area (TPSA) is 52.0 Å². The summed E-state index contributed by atoms with van der Waals surface area (Å²) in [6, 6.07) is 10.4. The first kappa shape index (κ1) is 17.9. The largest absolute Gasteiger partial charge is 0.460 e. The molecule has 0 aliphatic carbocycles. The molecule has 0 radical (unpaired) electrons. The fourth-order valence-corrected chi connectivity index (χ4v) is 3.82. The second-order valence-electron chi connectivity index (χ2n) is 6.36. The molecular formula is C20H20FN3O2S. The molecule has 7 heteroatoms. The molecule has 1 aromatic carbocycles. The molecular weight excluding hydrogens is 365 g/mol. The highest BCUT2D eigenvalue weighted by atomic mass is 32.1. The Kier molecular flexibility index (Phi) is 5.31. The van der Waals surface area contributed by atoms with Crippen molar-refractivity contribution in [1.82, 2.24) is 4.68 Å². The quantitative estimate of drug-likeness (QED) is 0.618. The van der Waals surface area contributed by atoms with Gasteiger partial charge in [-0.3, -0.25) is 4.99 Å². The SMILES string of the molecule is Cc1ccc(/C=N\n2c(-c3ccccc3F)csc2=NC[C@@H]2CCCO2)o1. The van der Waals surface area contributed by atoms with Crippen LogP contribution in [-0.4, -0.2) is 30.1 Å². The highest BCUT2D eigenvalue weighted by Gasteiger charge is 2.16. The minimum absolute atomic E-state index is 0.147. The maximum Gasteiger partial charge on any atom is 0.206 e. The van der Waals surface area contributed by atoms with E-state index >= 15 is 0 Å². The number of thiazole rings is 1. The Morgan fingerprint density at radius 3 is 2.93 bits per heavy atom. The van der Waals surface area contributed by atoms with Crippen LogP contribution in [0.4, 0.5) is 4.39 Å². The number of nitrogens with zero attached hydrogens (tertiary/aromatic N) is 3. The van der Waals surface area contributed by atoms with E-state index in [1.807, 2.05) is 30.5 Å². The zero-order valence-electron chi connectivity index (χ0n) is 15.0. The molecule has 5 nitrogen and oxygen atoms in total. The number of hydrogen-bond donors (Lipinski definition) is 0. The molecule has 1 atom stereocenters. The fourth-order valence-electron chi connectivity index (χ4n) is 2.98. The number of hydrogen-bond acceptors (Lipinski definition) is 5. The molecule has 0 amide bonds. The Balaban J connectivity index is 1.73. The van der Waals surface area contributed by atoms with Gasteiger partial charge in [0.25, 0.3) is 0 Å². The van der Waals surface area contributed by atoms with E-state index in [-0.39, 0.29) is 11.9 Å². The van der Waals surface area contributed by atoms with Crippen molar-refractivity contribution in [3.8, 4) is 11.3 Å². The minimum Gasteiger partial charge on any atom is -0.460 e.